The Morgan fingerprint density at radius 2 is 1.57 bits per heavy atom. The van der Waals surface area contributed by atoms with Gasteiger partial charge in [-0.15, -0.1) is 0 Å². The van der Waals surface area contributed by atoms with Crippen molar-refractivity contribution in [1.29, 1.82) is 0 Å². The fourth-order valence-corrected chi connectivity index (χ4v) is 3.55. The second-order valence-electron chi connectivity index (χ2n) is 6.22. The number of para-hydroxylation sites is 1. The van der Waals surface area contributed by atoms with Crippen LogP contribution in [0.15, 0.2) is 24.3 Å². The van der Waals surface area contributed by atoms with Crippen LogP contribution in [0.5, 0.6) is 0 Å². The Hall–Kier alpha value is -1.71. The zero-order chi connectivity index (χ0) is 14.7. The molecule has 21 heavy (non-hydrogen) atoms. The number of anilines is 1. The molecule has 0 spiro atoms. The van der Waals surface area contributed by atoms with Crippen LogP contribution in [-0.2, 0) is 0 Å². The van der Waals surface area contributed by atoms with Gasteiger partial charge in [0.25, 0.3) is 0 Å². The number of likely N-dealkylation sites (tertiary alicyclic amines) is 2. The first-order chi connectivity index (χ1) is 10.3. The number of carbonyl (C=O) groups is 1. The molecule has 0 unspecified atom stereocenters. The minimum Gasteiger partial charge on any atom is -0.398 e. The van der Waals surface area contributed by atoms with Gasteiger partial charge < -0.3 is 15.5 Å². The lowest BCUT2D eigenvalue weighted by Gasteiger charge is -2.37. The normalized spacial score (nSPS) is 20.6. The van der Waals surface area contributed by atoms with E-state index in [1.165, 1.54) is 12.0 Å². The molecule has 2 heterocycles. The van der Waals surface area contributed by atoms with Crippen LogP contribution in [-0.4, -0.2) is 42.0 Å². The quantitative estimate of drug-likeness (QED) is 0.807. The van der Waals surface area contributed by atoms with E-state index in [0.717, 1.165) is 57.5 Å². The summed E-state index contributed by atoms with van der Waals surface area (Å²) in [5.41, 5.74) is 8.21. The maximum atomic E-state index is 12.5. The Morgan fingerprint density at radius 3 is 2.24 bits per heavy atom. The van der Waals surface area contributed by atoms with Crippen LogP contribution in [0.4, 0.5) is 10.5 Å². The molecule has 0 aromatic heterocycles. The Balaban J connectivity index is 1.57. The number of nitrogens with two attached hydrogens (primary N) is 1. The van der Waals surface area contributed by atoms with Crippen molar-refractivity contribution in [2.45, 2.75) is 38.0 Å². The van der Waals surface area contributed by atoms with Crippen LogP contribution >= 0.6 is 0 Å². The highest BCUT2D eigenvalue weighted by molar-refractivity contribution is 5.74. The van der Waals surface area contributed by atoms with E-state index in [2.05, 4.69) is 12.1 Å². The predicted molar refractivity (Wildman–Crippen MR) is 85.2 cm³/mol. The van der Waals surface area contributed by atoms with E-state index in [-0.39, 0.29) is 6.03 Å². The van der Waals surface area contributed by atoms with Gasteiger partial charge in [-0.2, -0.15) is 0 Å². The Morgan fingerprint density at radius 1 is 0.952 bits per heavy atom. The molecule has 114 valence electrons. The van der Waals surface area contributed by atoms with Crippen LogP contribution in [0.3, 0.4) is 0 Å². The number of rotatable bonds is 1. The van der Waals surface area contributed by atoms with E-state index in [9.17, 15) is 4.79 Å². The molecule has 2 aliphatic heterocycles. The third-order valence-corrected chi connectivity index (χ3v) is 4.83. The summed E-state index contributed by atoms with van der Waals surface area (Å²) in [6.07, 6.45) is 5.62. The maximum Gasteiger partial charge on any atom is 0.319 e. The van der Waals surface area contributed by atoms with Crippen molar-refractivity contribution < 1.29 is 4.79 Å². The van der Waals surface area contributed by atoms with Crippen LogP contribution in [0.25, 0.3) is 0 Å². The zero-order valence-corrected chi connectivity index (χ0v) is 12.6. The van der Waals surface area contributed by atoms with E-state index in [1.807, 2.05) is 21.9 Å². The minimum atomic E-state index is 0.245. The first kappa shape index (κ1) is 14.2. The second-order valence-corrected chi connectivity index (χ2v) is 6.22. The molecule has 4 nitrogen and oxygen atoms in total. The number of carbonyl (C=O) groups excluding carboxylic acids is 1. The number of urea groups is 1. The summed E-state index contributed by atoms with van der Waals surface area (Å²) in [5, 5.41) is 0. The van der Waals surface area contributed by atoms with E-state index in [1.54, 1.807) is 0 Å². The van der Waals surface area contributed by atoms with Gasteiger partial charge in [0.15, 0.2) is 0 Å². The van der Waals surface area contributed by atoms with Crippen LogP contribution in [0.2, 0.25) is 0 Å². The van der Waals surface area contributed by atoms with E-state index < -0.39 is 0 Å². The highest BCUT2D eigenvalue weighted by Gasteiger charge is 2.28. The molecule has 4 heteroatoms. The van der Waals surface area contributed by atoms with Gasteiger partial charge in [-0.1, -0.05) is 18.2 Å². The number of hydrogen-bond acceptors (Lipinski definition) is 2. The molecular formula is C17H25N3O. The summed E-state index contributed by atoms with van der Waals surface area (Å²) < 4.78 is 0. The van der Waals surface area contributed by atoms with Crippen molar-refractivity contribution >= 4 is 11.7 Å². The van der Waals surface area contributed by atoms with Crippen molar-refractivity contribution in [3.8, 4) is 0 Å². The Labute approximate surface area is 126 Å². The van der Waals surface area contributed by atoms with Crippen molar-refractivity contribution in [3.63, 3.8) is 0 Å². The number of piperidine rings is 2. The van der Waals surface area contributed by atoms with Gasteiger partial charge in [-0.05, 0) is 49.7 Å². The largest absolute Gasteiger partial charge is 0.398 e. The molecule has 3 rings (SSSR count). The van der Waals surface area contributed by atoms with Gasteiger partial charge in [0.1, 0.15) is 0 Å². The van der Waals surface area contributed by atoms with Gasteiger partial charge in [0, 0.05) is 31.9 Å². The van der Waals surface area contributed by atoms with Crippen molar-refractivity contribution in [2.75, 3.05) is 31.9 Å². The second kappa shape index (κ2) is 6.37. The van der Waals surface area contributed by atoms with E-state index in [4.69, 9.17) is 5.73 Å². The molecule has 2 fully saturated rings. The van der Waals surface area contributed by atoms with Gasteiger partial charge >= 0.3 is 6.03 Å². The molecule has 2 saturated heterocycles. The van der Waals surface area contributed by atoms with Crippen LogP contribution < -0.4 is 5.73 Å². The molecule has 2 amide bonds. The van der Waals surface area contributed by atoms with Crippen LogP contribution in [0.1, 0.15) is 43.6 Å². The lowest BCUT2D eigenvalue weighted by molar-refractivity contribution is 0.132. The monoisotopic (exact) mass is 287 g/mol. The smallest absolute Gasteiger partial charge is 0.319 e. The average molecular weight is 287 g/mol. The molecule has 0 bridgehead atoms. The van der Waals surface area contributed by atoms with Crippen molar-refractivity contribution in [1.82, 2.24) is 9.80 Å². The number of amides is 2. The number of nitrogens with zero attached hydrogens (tertiary/aromatic N) is 2. The summed E-state index contributed by atoms with van der Waals surface area (Å²) in [7, 11) is 0. The Kier molecular flexibility index (Phi) is 4.32. The summed E-state index contributed by atoms with van der Waals surface area (Å²) >= 11 is 0. The molecule has 1 aromatic rings. The lowest BCUT2D eigenvalue weighted by atomic mass is 9.88. The van der Waals surface area contributed by atoms with Gasteiger partial charge in [-0.25, -0.2) is 4.79 Å². The molecule has 2 aliphatic rings. The topological polar surface area (TPSA) is 49.6 Å². The van der Waals surface area contributed by atoms with Crippen LogP contribution in [0, 0.1) is 0 Å². The number of benzene rings is 1. The fourth-order valence-electron chi connectivity index (χ4n) is 3.55. The molecular weight excluding hydrogens is 262 g/mol. The minimum absolute atomic E-state index is 0.245. The van der Waals surface area contributed by atoms with Gasteiger partial charge in [-0.3, -0.25) is 0 Å². The molecule has 1 aromatic carbocycles. The van der Waals surface area contributed by atoms with Gasteiger partial charge in [0.05, 0.1) is 0 Å². The lowest BCUT2D eigenvalue weighted by Crippen LogP contribution is -2.48. The Bertz CT molecular complexity index is 489. The summed E-state index contributed by atoms with van der Waals surface area (Å²) in [5.74, 6) is 0.497. The first-order valence-electron chi connectivity index (χ1n) is 8.14. The predicted octanol–water partition coefficient (Wildman–Crippen LogP) is 3.05. The first-order valence-corrected chi connectivity index (χ1v) is 8.14. The van der Waals surface area contributed by atoms with E-state index >= 15 is 0 Å². The highest BCUT2D eigenvalue weighted by atomic mass is 16.2. The molecule has 0 atom stereocenters. The number of hydrogen-bond donors (Lipinski definition) is 1. The summed E-state index contributed by atoms with van der Waals surface area (Å²) in [6.45, 7) is 3.58. The molecule has 0 aliphatic carbocycles. The zero-order valence-electron chi connectivity index (χ0n) is 12.6. The fraction of sp³-hybridized carbons (Fsp3) is 0.588. The third-order valence-electron chi connectivity index (χ3n) is 4.83. The summed E-state index contributed by atoms with van der Waals surface area (Å²) in [4.78, 5) is 16.5. The third kappa shape index (κ3) is 3.14. The van der Waals surface area contributed by atoms with Crippen molar-refractivity contribution in [2.24, 2.45) is 0 Å². The van der Waals surface area contributed by atoms with Gasteiger partial charge in [0.2, 0.25) is 0 Å². The SMILES string of the molecule is Nc1ccccc1C1CCN(C(=O)N2CCCCC2)CC1. The standard InChI is InChI=1S/C17H25N3O/c18-16-7-3-2-6-15(16)14-8-12-20(13-9-14)17(21)19-10-4-1-5-11-19/h2-3,6-7,14H,1,4-5,8-13,18H2. The average Bonchev–Trinajstić information content (AvgIpc) is 2.56. The van der Waals surface area contributed by atoms with E-state index in [0.29, 0.717) is 5.92 Å². The molecule has 2 N–H and O–H groups in total. The summed E-state index contributed by atoms with van der Waals surface area (Å²) in [6, 6.07) is 8.38. The number of nitrogen functional groups attached to an aromatic ring is 1. The molecule has 0 saturated carbocycles. The highest BCUT2D eigenvalue weighted by Crippen LogP contribution is 2.31. The maximum absolute atomic E-state index is 12.5. The van der Waals surface area contributed by atoms with Crippen molar-refractivity contribution in [3.05, 3.63) is 29.8 Å². The molecule has 0 radical (unpaired) electrons.